The number of hydrogen-bond acceptors (Lipinski definition) is 2. The third kappa shape index (κ3) is 2.13. The van der Waals surface area contributed by atoms with Crippen molar-refractivity contribution in [3.8, 4) is 0 Å². The highest BCUT2D eigenvalue weighted by Crippen LogP contribution is 2.30. The third-order valence-electron chi connectivity index (χ3n) is 3.54. The van der Waals surface area contributed by atoms with Gasteiger partial charge in [-0.15, -0.1) is 0 Å². The Labute approximate surface area is 98.3 Å². The van der Waals surface area contributed by atoms with Gasteiger partial charge in [-0.3, -0.25) is 0 Å². The van der Waals surface area contributed by atoms with E-state index in [0.29, 0.717) is 6.61 Å². The molecule has 1 rings (SSSR count). The average molecular weight is 222 g/mol. The second-order valence-corrected chi connectivity index (χ2v) is 4.50. The Morgan fingerprint density at radius 1 is 1.00 bits per heavy atom. The molecule has 0 spiro atoms. The minimum atomic E-state index is -0.408. The number of aliphatic hydroxyl groups excluding tert-OH is 1. The van der Waals surface area contributed by atoms with Crippen molar-refractivity contribution in [3.05, 3.63) is 33.4 Å². The lowest BCUT2D eigenvalue weighted by molar-refractivity contribution is 0.182. The molecule has 1 unspecified atom stereocenters. The van der Waals surface area contributed by atoms with Crippen LogP contribution in [0, 0.1) is 27.7 Å². The van der Waals surface area contributed by atoms with Crippen LogP contribution in [0.15, 0.2) is 0 Å². The van der Waals surface area contributed by atoms with Crippen LogP contribution in [-0.2, 0) is 11.3 Å². The highest BCUT2D eigenvalue weighted by molar-refractivity contribution is 5.50. The van der Waals surface area contributed by atoms with E-state index in [2.05, 4.69) is 27.7 Å². The Bertz CT molecular complexity index is 363. The summed E-state index contributed by atoms with van der Waals surface area (Å²) in [7, 11) is 1.71. The Kier molecular flexibility index (Phi) is 4.11. The summed E-state index contributed by atoms with van der Waals surface area (Å²) in [4.78, 5) is 0. The molecule has 1 atom stereocenters. The molecule has 2 nitrogen and oxygen atoms in total. The highest BCUT2D eigenvalue weighted by Gasteiger charge is 2.17. The first-order valence-corrected chi connectivity index (χ1v) is 5.67. The van der Waals surface area contributed by atoms with Gasteiger partial charge < -0.3 is 9.84 Å². The third-order valence-corrected chi connectivity index (χ3v) is 3.54. The highest BCUT2D eigenvalue weighted by atomic mass is 16.5. The topological polar surface area (TPSA) is 29.5 Å². The predicted octanol–water partition coefficient (Wildman–Crippen LogP) is 3.12. The van der Waals surface area contributed by atoms with Crippen molar-refractivity contribution in [1.29, 1.82) is 0 Å². The van der Waals surface area contributed by atoms with Gasteiger partial charge in [0.15, 0.2) is 0 Å². The lowest BCUT2D eigenvalue weighted by Gasteiger charge is -2.21. The fourth-order valence-electron chi connectivity index (χ4n) is 2.41. The molecule has 0 saturated carbocycles. The summed E-state index contributed by atoms with van der Waals surface area (Å²) < 4.78 is 5.24. The summed E-state index contributed by atoms with van der Waals surface area (Å²) in [5.41, 5.74) is 7.16. The second-order valence-electron chi connectivity index (χ2n) is 4.50. The standard InChI is InChI=1S/C14H22O2/c1-8-10(3)14(12(5)15)11(4)9(2)13(8)7-16-6/h12,15H,7H2,1-6H3. The molecular weight excluding hydrogens is 200 g/mol. The average Bonchev–Trinajstić information content (AvgIpc) is 2.21. The van der Waals surface area contributed by atoms with Crippen molar-refractivity contribution in [2.75, 3.05) is 7.11 Å². The maximum absolute atomic E-state index is 9.82. The zero-order chi connectivity index (χ0) is 12.5. The van der Waals surface area contributed by atoms with E-state index >= 15 is 0 Å². The van der Waals surface area contributed by atoms with Crippen molar-refractivity contribution in [2.45, 2.75) is 47.3 Å². The molecule has 2 heteroatoms. The molecule has 0 heterocycles. The number of ether oxygens (including phenoxy) is 1. The van der Waals surface area contributed by atoms with Gasteiger partial charge >= 0.3 is 0 Å². The van der Waals surface area contributed by atoms with Crippen molar-refractivity contribution in [3.63, 3.8) is 0 Å². The molecule has 0 aromatic heterocycles. The number of methoxy groups -OCH3 is 1. The van der Waals surface area contributed by atoms with Gasteiger partial charge in [-0.25, -0.2) is 0 Å². The molecule has 0 aliphatic carbocycles. The lowest BCUT2D eigenvalue weighted by Crippen LogP contribution is -2.08. The molecule has 1 N–H and O–H groups in total. The Morgan fingerprint density at radius 3 is 1.75 bits per heavy atom. The van der Waals surface area contributed by atoms with Gasteiger partial charge in [0.25, 0.3) is 0 Å². The van der Waals surface area contributed by atoms with Crippen LogP contribution in [-0.4, -0.2) is 12.2 Å². The van der Waals surface area contributed by atoms with Crippen LogP contribution in [0.5, 0.6) is 0 Å². The molecule has 0 amide bonds. The van der Waals surface area contributed by atoms with Crippen LogP contribution in [0.3, 0.4) is 0 Å². The predicted molar refractivity (Wildman–Crippen MR) is 66.7 cm³/mol. The van der Waals surface area contributed by atoms with Gasteiger partial charge in [-0.1, -0.05) is 0 Å². The van der Waals surface area contributed by atoms with Gasteiger partial charge in [0.2, 0.25) is 0 Å². The quantitative estimate of drug-likeness (QED) is 0.851. The number of benzene rings is 1. The van der Waals surface area contributed by atoms with Gasteiger partial charge in [-0.05, 0) is 68.0 Å². The summed E-state index contributed by atoms with van der Waals surface area (Å²) in [6.45, 7) is 10.8. The molecule has 0 fully saturated rings. The smallest absolute Gasteiger partial charge is 0.0767 e. The molecule has 1 aromatic carbocycles. The van der Waals surface area contributed by atoms with Crippen LogP contribution >= 0.6 is 0 Å². The van der Waals surface area contributed by atoms with E-state index in [4.69, 9.17) is 4.74 Å². The fraction of sp³-hybridized carbons (Fsp3) is 0.571. The van der Waals surface area contributed by atoms with E-state index in [9.17, 15) is 5.11 Å². The molecular formula is C14H22O2. The van der Waals surface area contributed by atoms with Gasteiger partial charge in [0.05, 0.1) is 12.7 Å². The molecule has 0 aliphatic heterocycles. The molecule has 0 radical (unpaired) electrons. The summed E-state index contributed by atoms with van der Waals surface area (Å²) >= 11 is 0. The van der Waals surface area contributed by atoms with Crippen molar-refractivity contribution in [2.24, 2.45) is 0 Å². The molecule has 1 aromatic rings. The van der Waals surface area contributed by atoms with Crippen molar-refractivity contribution in [1.82, 2.24) is 0 Å². The number of hydrogen-bond donors (Lipinski definition) is 1. The molecule has 90 valence electrons. The zero-order valence-corrected chi connectivity index (χ0v) is 11.1. The zero-order valence-electron chi connectivity index (χ0n) is 11.1. The largest absolute Gasteiger partial charge is 0.389 e. The van der Waals surface area contributed by atoms with Gasteiger partial charge in [0, 0.05) is 7.11 Å². The van der Waals surface area contributed by atoms with Crippen LogP contribution in [0.4, 0.5) is 0 Å². The first kappa shape index (κ1) is 13.2. The van der Waals surface area contributed by atoms with E-state index < -0.39 is 6.10 Å². The van der Waals surface area contributed by atoms with E-state index in [-0.39, 0.29) is 0 Å². The van der Waals surface area contributed by atoms with Gasteiger partial charge in [-0.2, -0.15) is 0 Å². The van der Waals surface area contributed by atoms with E-state index in [1.54, 1.807) is 7.11 Å². The fourth-order valence-corrected chi connectivity index (χ4v) is 2.41. The Morgan fingerprint density at radius 2 is 1.44 bits per heavy atom. The number of rotatable bonds is 3. The van der Waals surface area contributed by atoms with Crippen LogP contribution in [0.25, 0.3) is 0 Å². The monoisotopic (exact) mass is 222 g/mol. The first-order chi connectivity index (χ1) is 7.41. The maximum Gasteiger partial charge on any atom is 0.0767 e. The van der Waals surface area contributed by atoms with E-state index in [1.807, 2.05) is 6.92 Å². The van der Waals surface area contributed by atoms with E-state index in [0.717, 1.165) is 5.56 Å². The SMILES string of the molecule is COCc1c(C)c(C)c(C(C)O)c(C)c1C. The van der Waals surface area contributed by atoms with Gasteiger partial charge in [0.1, 0.15) is 0 Å². The molecule has 0 bridgehead atoms. The first-order valence-electron chi connectivity index (χ1n) is 5.67. The van der Waals surface area contributed by atoms with Crippen molar-refractivity contribution >= 4 is 0 Å². The molecule has 16 heavy (non-hydrogen) atoms. The lowest BCUT2D eigenvalue weighted by atomic mass is 9.87. The number of aliphatic hydroxyl groups is 1. The van der Waals surface area contributed by atoms with E-state index in [1.165, 1.54) is 27.8 Å². The van der Waals surface area contributed by atoms with Crippen molar-refractivity contribution < 1.29 is 9.84 Å². The molecule has 0 saturated heterocycles. The Balaban J connectivity index is 3.50. The van der Waals surface area contributed by atoms with Crippen LogP contribution in [0.1, 0.15) is 46.4 Å². The minimum absolute atomic E-state index is 0.408. The normalized spacial score (nSPS) is 12.9. The Hall–Kier alpha value is -0.860. The summed E-state index contributed by atoms with van der Waals surface area (Å²) in [5, 5.41) is 9.82. The maximum atomic E-state index is 9.82. The molecule has 0 aliphatic rings. The van der Waals surface area contributed by atoms with Crippen LogP contribution < -0.4 is 0 Å². The summed E-state index contributed by atoms with van der Waals surface area (Å²) in [6.07, 6.45) is -0.408. The second kappa shape index (κ2) is 4.98. The minimum Gasteiger partial charge on any atom is -0.389 e. The van der Waals surface area contributed by atoms with Crippen LogP contribution in [0.2, 0.25) is 0 Å². The summed E-state index contributed by atoms with van der Waals surface area (Å²) in [6, 6.07) is 0. The summed E-state index contributed by atoms with van der Waals surface area (Å²) in [5.74, 6) is 0.